The third-order valence-corrected chi connectivity index (χ3v) is 23.7. The molecule has 0 radical (unpaired) electrons. The quantitative estimate of drug-likeness (QED) is 0.0193. The second-order valence-electron chi connectivity index (χ2n) is 29.7. The molecule has 12 rings (SSSR count). The van der Waals surface area contributed by atoms with E-state index in [1.807, 2.05) is 0 Å². The molecule has 0 atom stereocenters. The summed E-state index contributed by atoms with van der Waals surface area (Å²) in [6, 6.07) is 51.4. The highest BCUT2D eigenvalue weighted by molar-refractivity contribution is 7.86. The van der Waals surface area contributed by atoms with Crippen LogP contribution in [-0.2, 0) is 52.0 Å². The van der Waals surface area contributed by atoms with E-state index in [0.29, 0.717) is 51.7 Å². The van der Waals surface area contributed by atoms with Gasteiger partial charge in [0, 0.05) is 94.9 Å². The Bertz CT molecular complexity index is 5330. The number of hydrogen-bond acceptors (Lipinski definition) is 8. The number of rotatable bonds is 27. The topological polar surface area (TPSA) is 176 Å². The van der Waals surface area contributed by atoms with Crippen molar-refractivity contribution in [3.05, 3.63) is 263 Å². The van der Waals surface area contributed by atoms with E-state index in [2.05, 4.69) is 300 Å². The van der Waals surface area contributed by atoms with Crippen LogP contribution in [0.25, 0.3) is 43.1 Å². The molecule has 0 fully saturated rings. The zero-order valence-electron chi connectivity index (χ0n) is 60.2. The molecule has 0 unspecified atom stereocenters. The van der Waals surface area contributed by atoms with Crippen LogP contribution in [-0.4, -0.2) is 103 Å². The monoisotopic (exact) mass is 1420 g/mol. The lowest BCUT2D eigenvalue weighted by molar-refractivity contribution is -0.438. The van der Waals surface area contributed by atoms with Crippen LogP contribution in [0.15, 0.2) is 241 Å². The van der Waals surface area contributed by atoms with Crippen molar-refractivity contribution >= 4 is 108 Å². The summed E-state index contributed by atoms with van der Waals surface area (Å²) in [5, 5.41) is 9.22. The Morgan fingerprint density at radius 1 is 0.392 bits per heavy atom. The first kappa shape index (κ1) is 73.2. The van der Waals surface area contributed by atoms with E-state index in [1.165, 1.54) is 44.4 Å². The van der Waals surface area contributed by atoms with E-state index in [9.17, 15) is 38.9 Å². The molecule has 530 valence electrons. The van der Waals surface area contributed by atoms with Crippen LogP contribution in [0.2, 0.25) is 0 Å². The lowest BCUT2D eigenvalue weighted by Gasteiger charge is -2.27. The third-order valence-electron chi connectivity index (χ3n) is 21.3. The second-order valence-corrected chi connectivity index (χ2v) is 34.4. The molecule has 0 saturated carbocycles. The summed E-state index contributed by atoms with van der Waals surface area (Å²) < 4.78 is 106. The molecular formula is C86H96N4O9S3+2. The second kappa shape index (κ2) is 29.3. The zero-order valence-corrected chi connectivity index (χ0v) is 62.6. The fourth-order valence-corrected chi connectivity index (χ4v) is 18.2. The van der Waals surface area contributed by atoms with Gasteiger partial charge in [-0.1, -0.05) is 199 Å². The first-order valence-corrected chi connectivity index (χ1v) is 40.7. The standard InChI is InChI=1S/C86H94N4O9S3/c1-10-11-54-87-71-48-42-65-34-14-20-38-69(65)81(71)85(6,7)77(87)52-46-61(30-16-22-40-75-83(2,3)79-67-36-18-12-32-63(67)43-49-72(79)88(75)55-24-27-58-100(91,92)93)62(47-53-78-86(8,9)82-70-39-21-15-35-66(70)45-51-74(82)90(78)57-26-29-60-102(97,98)99)31-17-23-41-76-84(4,5)80-68-37-19-13-33-64(68)44-50-73(80)89(76)56-25-28-59-101(94,95)96/h12-23,30-53H,10-11,24-29,54-60H2,1-9H3,(H-2,91,92,93,94,95,96,97,98,99)/p+2. The summed E-state index contributed by atoms with van der Waals surface area (Å²) >= 11 is 0. The van der Waals surface area contributed by atoms with Crippen molar-refractivity contribution in [2.24, 2.45) is 0 Å². The molecule has 0 spiro atoms. The van der Waals surface area contributed by atoms with Crippen LogP contribution in [0.5, 0.6) is 0 Å². The molecule has 13 nitrogen and oxygen atoms in total. The highest BCUT2D eigenvalue weighted by Gasteiger charge is 2.48. The molecule has 4 heterocycles. The zero-order chi connectivity index (χ0) is 72.6. The van der Waals surface area contributed by atoms with Crippen LogP contribution in [0.1, 0.15) is 136 Å². The van der Waals surface area contributed by atoms with Crippen molar-refractivity contribution in [3.63, 3.8) is 0 Å². The highest BCUT2D eigenvalue weighted by Crippen LogP contribution is 2.53. The van der Waals surface area contributed by atoms with Gasteiger partial charge < -0.3 is 9.80 Å². The Morgan fingerprint density at radius 3 is 1.09 bits per heavy atom. The van der Waals surface area contributed by atoms with E-state index < -0.39 is 52.0 Å². The van der Waals surface area contributed by atoms with Gasteiger partial charge in [0.25, 0.3) is 30.4 Å². The Kier molecular flexibility index (Phi) is 21.0. The van der Waals surface area contributed by atoms with Gasteiger partial charge in [-0.15, -0.1) is 0 Å². The predicted molar refractivity (Wildman–Crippen MR) is 423 cm³/mol. The number of benzene rings is 8. The van der Waals surface area contributed by atoms with Gasteiger partial charge in [-0.2, -0.15) is 34.4 Å². The maximum absolute atomic E-state index is 12.1. The summed E-state index contributed by atoms with van der Waals surface area (Å²) in [6.07, 6.45) is 30.5. The van der Waals surface area contributed by atoms with Gasteiger partial charge in [0.1, 0.15) is 13.1 Å². The lowest BCUT2D eigenvalue weighted by atomic mass is 9.79. The number of allylic oxidation sites excluding steroid dienone is 16. The van der Waals surface area contributed by atoms with Crippen LogP contribution in [0.3, 0.4) is 0 Å². The Balaban J connectivity index is 1.05. The molecule has 0 aromatic heterocycles. The number of anilines is 2. The fourth-order valence-electron chi connectivity index (χ4n) is 16.5. The average Bonchev–Trinajstić information content (AvgIpc) is 1.60. The van der Waals surface area contributed by atoms with Gasteiger partial charge in [0.05, 0.1) is 28.1 Å². The van der Waals surface area contributed by atoms with Crippen molar-refractivity contribution in [2.45, 2.75) is 135 Å². The van der Waals surface area contributed by atoms with Gasteiger partial charge in [-0.3, -0.25) is 13.7 Å². The maximum Gasteiger partial charge on any atom is 0.264 e. The number of nitrogens with zero attached hydrogens (tertiary/aromatic N) is 4. The number of fused-ring (bicyclic) bond motifs is 12. The van der Waals surface area contributed by atoms with Crippen LogP contribution in [0.4, 0.5) is 22.7 Å². The minimum Gasteiger partial charge on any atom is -0.344 e. The molecule has 0 aliphatic carbocycles. The normalized spacial score (nSPS) is 18.2. The van der Waals surface area contributed by atoms with Crippen molar-refractivity contribution in [2.75, 3.05) is 53.2 Å². The number of hydrogen-bond donors (Lipinski definition) is 3. The Morgan fingerprint density at radius 2 is 0.725 bits per heavy atom. The van der Waals surface area contributed by atoms with Crippen LogP contribution in [0, 0.1) is 0 Å². The molecule has 0 bridgehead atoms. The highest BCUT2D eigenvalue weighted by atomic mass is 32.2. The summed E-state index contributed by atoms with van der Waals surface area (Å²) in [7, 11) is -12.5. The van der Waals surface area contributed by atoms with E-state index >= 15 is 0 Å². The molecule has 4 aliphatic rings. The fraction of sp³-hybridized carbons (Fsp3) is 0.326. The van der Waals surface area contributed by atoms with Crippen molar-refractivity contribution < 1.29 is 48.1 Å². The Labute approximate surface area is 603 Å². The molecule has 0 saturated heterocycles. The minimum absolute atomic E-state index is 0.275. The molecule has 16 heteroatoms. The van der Waals surface area contributed by atoms with Crippen LogP contribution < -0.4 is 9.80 Å². The van der Waals surface area contributed by atoms with Gasteiger partial charge >= 0.3 is 0 Å². The van der Waals surface area contributed by atoms with E-state index in [-0.39, 0.29) is 23.7 Å². The minimum atomic E-state index is -4.19. The van der Waals surface area contributed by atoms with E-state index in [4.69, 9.17) is 0 Å². The SMILES string of the molecule is CCCCN1/C(=C/C=C(\C=C\C=C\C2=[N+](CCCCS(=O)(=O)O)c3ccc4ccccc4c3C2(C)C)C(/C=C/C=C/C2=[N+](CCCCS(=O)(=O)O)c3ccc4ccccc4c3C2(C)C)=C/C=C2/N(CCCCS(=O)(=O)O)c3ccc4ccccc4c3C2(C)C)C(C)(C)c2c1ccc1ccccc21. The van der Waals surface area contributed by atoms with Gasteiger partial charge in [-0.25, -0.2) is 0 Å². The predicted octanol–water partition coefficient (Wildman–Crippen LogP) is 19.0. The largest absolute Gasteiger partial charge is 0.344 e. The summed E-state index contributed by atoms with van der Waals surface area (Å²) in [5.41, 5.74) is 13.4. The van der Waals surface area contributed by atoms with E-state index in [1.54, 1.807) is 0 Å². The molecule has 8 aromatic carbocycles. The average molecular weight is 1430 g/mol. The van der Waals surface area contributed by atoms with Gasteiger partial charge in [0.2, 0.25) is 11.4 Å². The van der Waals surface area contributed by atoms with Crippen molar-refractivity contribution in [1.29, 1.82) is 0 Å². The first-order valence-electron chi connectivity index (χ1n) is 35.9. The summed E-state index contributed by atoms with van der Waals surface area (Å²) in [6.45, 7) is 22.8. The van der Waals surface area contributed by atoms with Crippen LogP contribution >= 0.6 is 0 Å². The molecule has 0 amide bonds. The molecular weight excluding hydrogens is 1330 g/mol. The van der Waals surface area contributed by atoms with E-state index in [0.717, 1.165) is 97.0 Å². The lowest BCUT2D eigenvalue weighted by Crippen LogP contribution is -2.28. The molecule has 3 N–H and O–H groups in total. The summed E-state index contributed by atoms with van der Waals surface area (Å²) in [5.74, 6) is -0.978. The third kappa shape index (κ3) is 15.0. The Hall–Kier alpha value is -8.61. The summed E-state index contributed by atoms with van der Waals surface area (Å²) in [4.78, 5) is 4.83. The van der Waals surface area contributed by atoms with Crippen molar-refractivity contribution in [1.82, 2.24) is 0 Å². The molecule has 8 aromatic rings. The smallest absolute Gasteiger partial charge is 0.264 e. The molecule has 4 aliphatic heterocycles. The van der Waals surface area contributed by atoms with Crippen molar-refractivity contribution in [3.8, 4) is 0 Å². The maximum atomic E-state index is 12.1. The van der Waals surface area contributed by atoms with Gasteiger partial charge in [0.15, 0.2) is 11.4 Å². The first-order chi connectivity index (χ1) is 48.5. The molecule has 102 heavy (non-hydrogen) atoms. The van der Waals surface area contributed by atoms with Gasteiger partial charge in [-0.05, 0) is 162 Å². The number of unbranched alkanes of at least 4 members (excludes halogenated alkanes) is 4.